The largest absolute Gasteiger partial charge is 0.484 e. The molecule has 0 saturated carbocycles. The van der Waals surface area contributed by atoms with Crippen LogP contribution in [0.25, 0.3) is 0 Å². The summed E-state index contributed by atoms with van der Waals surface area (Å²) in [6.07, 6.45) is 0.764. The van der Waals surface area contributed by atoms with E-state index in [-0.39, 0.29) is 18.0 Å². The van der Waals surface area contributed by atoms with Gasteiger partial charge in [0.1, 0.15) is 6.61 Å². The molecule has 1 aromatic heterocycles. The average Bonchev–Trinajstić information content (AvgIpc) is 2.72. The van der Waals surface area contributed by atoms with Gasteiger partial charge >= 0.3 is 0 Å². The van der Waals surface area contributed by atoms with Crippen LogP contribution in [0.2, 0.25) is 0 Å². The van der Waals surface area contributed by atoms with Crippen molar-refractivity contribution in [3.63, 3.8) is 0 Å². The number of non-ortho nitro benzene ring substituents is 1. The molecule has 0 bridgehead atoms. The quantitative estimate of drug-likeness (QED) is 0.607. The fourth-order valence-corrected chi connectivity index (χ4v) is 2.57. The molecule has 21 heavy (non-hydrogen) atoms. The van der Waals surface area contributed by atoms with E-state index in [1.807, 2.05) is 6.92 Å². The number of nitrogens with zero attached hydrogens (tertiary/aromatic N) is 3. The van der Waals surface area contributed by atoms with E-state index in [1.165, 1.54) is 12.1 Å². The normalized spacial score (nSPS) is 10.7. The number of hydrogen-bond acceptors (Lipinski definition) is 4. The molecule has 2 aromatic rings. The Morgan fingerprint density at radius 2 is 2.24 bits per heavy atom. The molecular weight excluding hydrogens is 345 g/mol. The third-order valence-corrected chi connectivity index (χ3v) is 3.91. The van der Waals surface area contributed by atoms with Gasteiger partial charge in [-0.25, -0.2) is 4.39 Å². The summed E-state index contributed by atoms with van der Waals surface area (Å²) in [7, 11) is 1.77. The standard InChI is InChI=1S/C13H13BrFN3O3/c1-3-10-13(14)11(17(2)16-10)7-21-12-5-4-8(18(19)20)6-9(12)15/h4-6H,3,7H2,1-2H3. The summed E-state index contributed by atoms with van der Waals surface area (Å²) < 4.78 is 21.6. The van der Waals surface area contributed by atoms with Crippen molar-refractivity contribution in [2.75, 3.05) is 0 Å². The first-order valence-corrected chi connectivity index (χ1v) is 7.00. The Labute approximate surface area is 128 Å². The summed E-state index contributed by atoms with van der Waals surface area (Å²) in [5.41, 5.74) is 1.35. The lowest BCUT2D eigenvalue weighted by molar-refractivity contribution is -0.385. The Hall–Kier alpha value is -1.96. The molecule has 0 N–H and O–H groups in total. The van der Waals surface area contributed by atoms with Gasteiger partial charge in [-0.2, -0.15) is 5.10 Å². The van der Waals surface area contributed by atoms with E-state index in [9.17, 15) is 14.5 Å². The highest BCUT2D eigenvalue weighted by Crippen LogP contribution is 2.26. The molecule has 1 heterocycles. The van der Waals surface area contributed by atoms with Gasteiger partial charge < -0.3 is 4.74 Å². The number of nitro groups is 1. The Bertz CT molecular complexity index is 688. The topological polar surface area (TPSA) is 70.2 Å². The fourth-order valence-electron chi connectivity index (χ4n) is 1.84. The van der Waals surface area contributed by atoms with Crippen LogP contribution in [0.1, 0.15) is 18.3 Å². The number of rotatable bonds is 5. The van der Waals surface area contributed by atoms with Crippen LogP contribution >= 0.6 is 15.9 Å². The molecule has 0 saturated heterocycles. The molecule has 2 rings (SSSR count). The average molecular weight is 358 g/mol. The summed E-state index contributed by atoms with van der Waals surface area (Å²) in [6, 6.07) is 3.29. The zero-order chi connectivity index (χ0) is 15.6. The van der Waals surface area contributed by atoms with Crippen LogP contribution in [0.4, 0.5) is 10.1 Å². The van der Waals surface area contributed by atoms with Crippen molar-refractivity contribution >= 4 is 21.6 Å². The second-order valence-corrected chi connectivity index (χ2v) is 5.14. The van der Waals surface area contributed by atoms with Gasteiger partial charge in [-0.15, -0.1) is 0 Å². The third kappa shape index (κ3) is 3.21. The zero-order valence-corrected chi connectivity index (χ0v) is 13.1. The number of nitro benzene ring substituents is 1. The molecule has 0 fully saturated rings. The third-order valence-electron chi connectivity index (χ3n) is 2.99. The van der Waals surface area contributed by atoms with Gasteiger partial charge in [-0.1, -0.05) is 6.92 Å². The first kappa shape index (κ1) is 15.4. The van der Waals surface area contributed by atoms with Gasteiger partial charge in [0, 0.05) is 13.1 Å². The van der Waals surface area contributed by atoms with Crippen molar-refractivity contribution in [2.24, 2.45) is 7.05 Å². The van der Waals surface area contributed by atoms with Crippen molar-refractivity contribution in [3.05, 3.63) is 50.0 Å². The highest BCUT2D eigenvalue weighted by Gasteiger charge is 2.15. The number of hydrogen-bond donors (Lipinski definition) is 0. The maximum Gasteiger partial charge on any atom is 0.272 e. The molecular formula is C13H13BrFN3O3. The predicted molar refractivity (Wildman–Crippen MR) is 77.7 cm³/mol. The summed E-state index contributed by atoms with van der Waals surface area (Å²) in [5, 5.41) is 14.9. The number of aryl methyl sites for hydroxylation is 2. The number of ether oxygens (including phenoxy) is 1. The predicted octanol–water partition coefficient (Wildman–Crippen LogP) is 3.37. The summed E-state index contributed by atoms with van der Waals surface area (Å²) >= 11 is 3.44. The Morgan fingerprint density at radius 1 is 1.52 bits per heavy atom. The van der Waals surface area contributed by atoms with Gasteiger partial charge in [-0.05, 0) is 28.4 Å². The SMILES string of the molecule is CCc1nn(C)c(COc2ccc([N+](=O)[O-])cc2F)c1Br. The minimum absolute atomic E-state index is 0.0354. The maximum absolute atomic E-state index is 13.7. The Balaban J connectivity index is 2.17. The van der Waals surface area contributed by atoms with E-state index in [1.54, 1.807) is 11.7 Å². The van der Waals surface area contributed by atoms with E-state index in [2.05, 4.69) is 21.0 Å². The molecule has 0 radical (unpaired) electrons. The van der Waals surface area contributed by atoms with Crippen LogP contribution in [0, 0.1) is 15.9 Å². The van der Waals surface area contributed by atoms with Gasteiger partial charge in [0.05, 0.1) is 26.9 Å². The lowest BCUT2D eigenvalue weighted by atomic mass is 10.3. The maximum atomic E-state index is 13.7. The van der Waals surface area contributed by atoms with Crippen LogP contribution in [0.5, 0.6) is 5.75 Å². The van der Waals surface area contributed by atoms with Crippen LogP contribution in [-0.4, -0.2) is 14.7 Å². The lowest BCUT2D eigenvalue weighted by Gasteiger charge is -2.08. The molecule has 0 aliphatic heterocycles. The highest BCUT2D eigenvalue weighted by molar-refractivity contribution is 9.10. The molecule has 1 aromatic carbocycles. The summed E-state index contributed by atoms with van der Waals surface area (Å²) in [6.45, 7) is 2.09. The van der Waals surface area contributed by atoms with Crippen LogP contribution < -0.4 is 4.74 Å². The minimum atomic E-state index is -0.766. The number of benzene rings is 1. The second kappa shape index (κ2) is 6.21. The van der Waals surface area contributed by atoms with Crippen molar-refractivity contribution in [1.82, 2.24) is 9.78 Å². The molecule has 0 unspecified atom stereocenters. The van der Waals surface area contributed by atoms with Crippen molar-refractivity contribution in [2.45, 2.75) is 20.0 Å². The zero-order valence-electron chi connectivity index (χ0n) is 11.5. The van der Waals surface area contributed by atoms with Crippen LogP contribution in [0.3, 0.4) is 0 Å². The van der Waals surface area contributed by atoms with E-state index >= 15 is 0 Å². The molecule has 0 spiro atoms. The van der Waals surface area contributed by atoms with Crippen LogP contribution in [-0.2, 0) is 20.1 Å². The number of halogens is 2. The van der Waals surface area contributed by atoms with Crippen molar-refractivity contribution in [1.29, 1.82) is 0 Å². The summed E-state index contributed by atoms with van der Waals surface area (Å²) in [4.78, 5) is 9.89. The van der Waals surface area contributed by atoms with Gasteiger partial charge in [0.25, 0.3) is 5.69 Å². The monoisotopic (exact) mass is 357 g/mol. The lowest BCUT2D eigenvalue weighted by Crippen LogP contribution is -2.04. The van der Waals surface area contributed by atoms with Crippen molar-refractivity contribution in [3.8, 4) is 5.75 Å². The molecule has 0 amide bonds. The molecule has 0 aliphatic rings. The first-order chi connectivity index (χ1) is 9.93. The smallest absolute Gasteiger partial charge is 0.272 e. The van der Waals surface area contributed by atoms with E-state index < -0.39 is 10.7 Å². The van der Waals surface area contributed by atoms with Crippen molar-refractivity contribution < 1.29 is 14.1 Å². The fraction of sp³-hybridized carbons (Fsp3) is 0.308. The second-order valence-electron chi connectivity index (χ2n) is 4.35. The van der Waals surface area contributed by atoms with Gasteiger partial charge in [0.2, 0.25) is 0 Å². The van der Waals surface area contributed by atoms with E-state index in [0.717, 1.165) is 28.3 Å². The van der Waals surface area contributed by atoms with Crippen LogP contribution in [0.15, 0.2) is 22.7 Å². The summed E-state index contributed by atoms with van der Waals surface area (Å²) in [5.74, 6) is -0.801. The first-order valence-electron chi connectivity index (χ1n) is 6.21. The van der Waals surface area contributed by atoms with E-state index in [0.29, 0.717) is 0 Å². The molecule has 6 nitrogen and oxygen atoms in total. The molecule has 0 aliphatic carbocycles. The van der Waals surface area contributed by atoms with Gasteiger partial charge in [0.15, 0.2) is 11.6 Å². The minimum Gasteiger partial charge on any atom is -0.484 e. The molecule has 8 heteroatoms. The molecule has 112 valence electrons. The van der Waals surface area contributed by atoms with Gasteiger partial charge in [-0.3, -0.25) is 14.8 Å². The van der Waals surface area contributed by atoms with E-state index in [4.69, 9.17) is 4.74 Å². The Kier molecular flexibility index (Phi) is 4.56. The Morgan fingerprint density at radius 3 is 2.76 bits per heavy atom. The number of aromatic nitrogens is 2. The highest BCUT2D eigenvalue weighted by atomic mass is 79.9. The molecule has 0 atom stereocenters.